The Morgan fingerprint density at radius 2 is 2.21 bits per heavy atom. The monoisotopic (exact) mass is 417 g/mol. The zero-order valence-corrected chi connectivity index (χ0v) is 16.3. The van der Waals surface area contributed by atoms with Crippen LogP contribution in [0.3, 0.4) is 0 Å². The molecule has 1 aromatic carbocycles. The van der Waals surface area contributed by atoms with Crippen LogP contribution in [0.4, 0.5) is 4.39 Å². The third kappa shape index (κ3) is 4.45. The number of rotatable bonds is 6. The van der Waals surface area contributed by atoms with Crippen LogP contribution < -0.4 is 5.32 Å². The van der Waals surface area contributed by atoms with E-state index in [4.69, 9.17) is 21.4 Å². The molecule has 3 rings (SSSR count). The quantitative estimate of drug-likeness (QED) is 0.636. The molecule has 3 aromatic rings. The number of nitrogens with zero attached hydrogens (tertiary/aromatic N) is 4. The molecule has 10 heteroatoms. The number of nitriles is 1. The normalized spacial score (nSPS) is 13.0. The smallest absolute Gasteiger partial charge is 0.273 e. The fourth-order valence-corrected chi connectivity index (χ4v) is 2.86. The average Bonchev–Trinajstić information content (AvgIpc) is 3.33. The molecular formula is C19H17ClFN5O3. The summed E-state index contributed by atoms with van der Waals surface area (Å²) in [7, 11) is 0. The van der Waals surface area contributed by atoms with Gasteiger partial charge >= 0.3 is 0 Å². The molecule has 150 valence electrons. The van der Waals surface area contributed by atoms with Crippen LogP contribution in [0.25, 0.3) is 11.3 Å². The molecule has 0 aliphatic carbocycles. The summed E-state index contributed by atoms with van der Waals surface area (Å²) >= 11 is 5.87. The van der Waals surface area contributed by atoms with E-state index >= 15 is 0 Å². The predicted molar refractivity (Wildman–Crippen MR) is 101 cm³/mol. The van der Waals surface area contributed by atoms with Crippen molar-refractivity contribution in [3.05, 3.63) is 58.3 Å². The minimum atomic E-state index is -0.861. The molecule has 0 fully saturated rings. The van der Waals surface area contributed by atoms with Crippen molar-refractivity contribution in [2.24, 2.45) is 0 Å². The van der Waals surface area contributed by atoms with Gasteiger partial charge in [0.05, 0.1) is 22.8 Å². The van der Waals surface area contributed by atoms with E-state index < -0.39 is 17.8 Å². The Morgan fingerprint density at radius 3 is 2.86 bits per heavy atom. The number of hydrogen-bond donors (Lipinski definition) is 2. The third-order valence-electron chi connectivity index (χ3n) is 4.13. The van der Waals surface area contributed by atoms with Gasteiger partial charge in [0.2, 0.25) is 0 Å². The van der Waals surface area contributed by atoms with Gasteiger partial charge in [0, 0.05) is 23.9 Å². The first-order valence-electron chi connectivity index (χ1n) is 8.67. The van der Waals surface area contributed by atoms with E-state index in [1.54, 1.807) is 23.9 Å². The van der Waals surface area contributed by atoms with E-state index in [2.05, 4.69) is 15.6 Å². The van der Waals surface area contributed by atoms with Crippen LogP contribution in [0, 0.1) is 17.1 Å². The fraction of sp³-hybridized carbons (Fsp3) is 0.263. The van der Waals surface area contributed by atoms with E-state index in [0.29, 0.717) is 12.2 Å². The van der Waals surface area contributed by atoms with Gasteiger partial charge in [-0.3, -0.25) is 9.48 Å². The summed E-state index contributed by atoms with van der Waals surface area (Å²) in [5, 5.41) is 28.8. The summed E-state index contributed by atoms with van der Waals surface area (Å²) in [4.78, 5) is 12.2. The first-order chi connectivity index (χ1) is 13.8. The second kappa shape index (κ2) is 8.43. The van der Waals surface area contributed by atoms with Gasteiger partial charge in [-0.1, -0.05) is 16.8 Å². The van der Waals surface area contributed by atoms with Crippen molar-refractivity contribution in [2.75, 3.05) is 0 Å². The molecule has 0 saturated carbocycles. The summed E-state index contributed by atoms with van der Waals surface area (Å²) in [6, 6.07) is 7.36. The molecule has 2 aromatic heterocycles. The van der Waals surface area contributed by atoms with Crippen molar-refractivity contribution >= 4 is 17.5 Å². The van der Waals surface area contributed by atoms with Crippen molar-refractivity contribution in [3.8, 4) is 17.3 Å². The Labute approximate surface area is 170 Å². The topological polar surface area (TPSA) is 117 Å². The largest absolute Gasteiger partial charge is 0.385 e. The van der Waals surface area contributed by atoms with Crippen LogP contribution in [0.2, 0.25) is 5.02 Å². The molecule has 0 aliphatic rings. The number of amides is 1. The minimum Gasteiger partial charge on any atom is -0.385 e. The van der Waals surface area contributed by atoms with E-state index in [0.717, 1.165) is 0 Å². The van der Waals surface area contributed by atoms with E-state index in [1.165, 1.54) is 25.1 Å². The van der Waals surface area contributed by atoms with Gasteiger partial charge < -0.3 is 14.9 Å². The molecule has 0 saturated heterocycles. The molecule has 0 spiro atoms. The highest BCUT2D eigenvalue weighted by atomic mass is 35.5. The lowest BCUT2D eigenvalue weighted by Gasteiger charge is -2.12. The van der Waals surface area contributed by atoms with Gasteiger partial charge in [-0.25, -0.2) is 4.39 Å². The summed E-state index contributed by atoms with van der Waals surface area (Å²) in [6.45, 7) is 3.59. The van der Waals surface area contributed by atoms with Crippen LogP contribution >= 0.6 is 11.6 Å². The van der Waals surface area contributed by atoms with E-state index in [-0.39, 0.29) is 33.6 Å². The second-order valence-corrected chi connectivity index (χ2v) is 6.87. The van der Waals surface area contributed by atoms with Gasteiger partial charge in [0.25, 0.3) is 5.91 Å². The van der Waals surface area contributed by atoms with Crippen LogP contribution in [-0.2, 0) is 6.54 Å². The van der Waals surface area contributed by atoms with Crippen molar-refractivity contribution in [1.82, 2.24) is 20.3 Å². The highest BCUT2D eigenvalue weighted by Crippen LogP contribution is 2.29. The van der Waals surface area contributed by atoms with Gasteiger partial charge in [-0.2, -0.15) is 10.4 Å². The molecule has 2 N–H and O–H groups in total. The number of aromatic nitrogens is 3. The number of carbonyl (C=O) groups excluding carboxylic acids is 1. The molecule has 2 atom stereocenters. The first kappa shape index (κ1) is 20.5. The van der Waals surface area contributed by atoms with Crippen molar-refractivity contribution in [3.63, 3.8) is 0 Å². The number of nitrogens with one attached hydrogen (secondary N) is 1. The molecule has 1 amide bonds. The van der Waals surface area contributed by atoms with Crippen LogP contribution in [0.15, 0.2) is 35.0 Å². The Morgan fingerprint density at radius 1 is 1.45 bits per heavy atom. The van der Waals surface area contributed by atoms with Crippen LogP contribution in [-0.4, -0.2) is 32.0 Å². The first-order valence-corrected chi connectivity index (χ1v) is 9.05. The number of carbonyl (C=O) groups is 1. The third-order valence-corrected chi connectivity index (χ3v) is 4.50. The lowest BCUT2D eigenvalue weighted by molar-refractivity contribution is 0.0925. The van der Waals surface area contributed by atoms with Crippen molar-refractivity contribution in [2.45, 2.75) is 32.5 Å². The summed E-state index contributed by atoms with van der Waals surface area (Å²) in [5.41, 5.74) is 0.640. The molecule has 2 heterocycles. The maximum atomic E-state index is 14.4. The molecule has 0 bridgehead atoms. The number of benzene rings is 1. The zero-order valence-electron chi connectivity index (χ0n) is 15.6. The van der Waals surface area contributed by atoms with E-state index in [9.17, 15) is 14.3 Å². The maximum Gasteiger partial charge on any atom is 0.273 e. The average molecular weight is 418 g/mol. The number of aliphatic hydroxyl groups is 1. The minimum absolute atomic E-state index is 0.0512. The zero-order chi connectivity index (χ0) is 21.1. The molecule has 8 nitrogen and oxygen atoms in total. The van der Waals surface area contributed by atoms with E-state index in [1.807, 2.05) is 6.07 Å². The second-order valence-electron chi connectivity index (χ2n) is 6.49. The highest BCUT2D eigenvalue weighted by Gasteiger charge is 2.18. The maximum absolute atomic E-state index is 14.4. The standard InChI is InChI=1S/C19H17ClFN5O3/c1-10(23-19(28)15-7-16(11(2)27)29-25-15)9-26-6-5-14(24-26)13-4-3-12(8-22)17(20)18(13)21/h3-7,10-11,27H,9H2,1-2H3,(H,23,28). The van der Waals surface area contributed by atoms with Gasteiger partial charge in [-0.15, -0.1) is 0 Å². The van der Waals surface area contributed by atoms with Gasteiger partial charge in [0.1, 0.15) is 12.2 Å². The van der Waals surface area contributed by atoms with Crippen LogP contribution in [0.1, 0.15) is 41.8 Å². The van der Waals surface area contributed by atoms with Gasteiger partial charge in [-0.05, 0) is 32.0 Å². The summed E-state index contributed by atoms with van der Waals surface area (Å²) in [6.07, 6.45) is 0.783. The summed E-state index contributed by atoms with van der Waals surface area (Å²) in [5.74, 6) is -0.967. The SMILES string of the molecule is CC(Cn1ccc(-c2ccc(C#N)c(Cl)c2F)n1)NC(=O)c1cc(C(C)O)on1. The Bertz CT molecular complexity index is 1090. The lowest BCUT2D eigenvalue weighted by atomic mass is 10.1. The van der Waals surface area contributed by atoms with Gasteiger partial charge in [0.15, 0.2) is 17.3 Å². The fourth-order valence-electron chi connectivity index (χ4n) is 2.66. The molecule has 29 heavy (non-hydrogen) atoms. The lowest BCUT2D eigenvalue weighted by Crippen LogP contribution is -2.36. The van der Waals surface area contributed by atoms with Crippen molar-refractivity contribution < 1.29 is 18.8 Å². The number of hydrogen-bond acceptors (Lipinski definition) is 6. The predicted octanol–water partition coefficient (Wildman–Crippen LogP) is 3.07. The molecule has 0 radical (unpaired) electrons. The Balaban J connectivity index is 1.67. The number of aliphatic hydroxyl groups excluding tert-OH is 1. The molecular weight excluding hydrogens is 401 g/mol. The Hall–Kier alpha value is -3.22. The highest BCUT2D eigenvalue weighted by molar-refractivity contribution is 6.32. The molecule has 2 unspecified atom stereocenters. The summed E-state index contributed by atoms with van der Waals surface area (Å²) < 4.78 is 20.8. The van der Waals surface area contributed by atoms with Crippen LogP contribution in [0.5, 0.6) is 0 Å². The Kier molecular flexibility index (Phi) is 5.96. The van der Waals surface area contributed by atoms with Crippen molar-refractivity contribution in [1.29, 1.82) is 5.26 Å². The molecule has 0 aliphatic heterocycles. The number of halogens is 2.